The van der Waals surface area contributed by atoms with Crippen molar-refractivity contribution in [1.82, 2.24) is 4.90 Å². The average molecular weight is 175 g/mol. The van der Waals surface area contributed by atoms with E-state index in [1.807, 2.05) is 0 Å². The molecule has 0 amide bonds. The van der Waals surface area contributed by atoms with Crippen molar-refractivity contribution in [3.8, 4) is 0 Å². The Labute approximate surface area is 73.1 Å². The Kier molecular flexibility index (Phi) is 3.94. The minimum atomic E-state index is 0.154. The minimum Gasteiger partial charge on any atom is -0.395 e. The van der Waals surface area contributed by atoms with Crippen LogP contribution in [0.2, 0.25) is 0 Å². The van der Waals surface area contributed by atoms with E-state index in [1.165, 1.54) is 0 Å². The lowest BCUT2D eigenvalue weighted by molar-refractivity contribution is -0.00461. The van der Waals surface area contributed by atoms with Crippen LogP contribution in [0.5, 0.6) is 0 Å². The molecule has 72 valence electrons. The molecule has 0 aromatic heterocycles. The molecule has 0 aromatic rings. The van der Waals surface area contributed by atoms with Crippen molar-refractivity contribution in [2.24, 2.45) is 0 Å². The van der Waals surface area contributed by atoms with Crippen LogP contribution in [-0.2, 0) is 9.47 Å². The molecule has 0 saturated carbocycles. The second kappa shape index (κ2) is 4.77. The summed E-state index contributed by atoms with van der Waals surface area (Å²) in [5.74, 6) is 0. The van der Waals surface area contributed by atoms with Gasteiger partial charge in [-0.1, -0.05) is 0 Å². The number of hydrogen-bond acceptors (Lipinski definition) is 4. The van der Waals surface area contributed by atoms with Crippen molar-refractivity contribution >= 4 is 0 Å². The number of β-amino-alcohol motifs (C(OH)–C–C–N with tert-alkyl or cyclic N) is 1. The van der Waals surface area contributed by atoms with Crippen LogP contribution in [0.15, 0.2) is 0 Å². The van der Waals surface area contributed by atoms with Gasteiger partial charge in [-0.05, 0) is 0 Å². The van der Waals surface area contributed by atoms with E-state index in [0.717, 1.165) is 13.1 Å². The quantitative estimate of drug-likeness (QED) is 0.615. The summed E-state index contributed by atoms with van der Waals surface area (Å²) < 4.78 is 10.5. The van der Waals surface area contributed by atoms with Crippen molar-refractivity contribution in [3.63, 3.8) is 0 Å². The third kappa shape index (κ3) is 2.17. The van der Waals surface area contributed by atoms with Gasteiger partial charge in [0.2, 0.25) is 0 Å². The van der Waals surface area contributed by atoms with Crippen LogP contribution in [0.1, 0.15) is 0 Å². The van der Waals surface area contributed by atoms with Gasteiger partial charge in [-0.2, -0.15) is 0 Å². The highest BCUT2D eigenvalue weighted by Gasteiger charge is 2.32. The summed E-state index contributed by atoms with van der Waals surface area (Å²) in [4.78, 5) is 2.14. The number of aliphatic hydroxyl groups excluding tert-OH is 1. The van der Waals surface area contributed by atoms with Gasteiger partial charge in [0.15, 0.2) is 0 Å². The predicted octanol–water partition coefficient (Wildman–Crippen LogP) is -0.676. The highest BCUT2D eigenvalue weighted by molar-refractivity contribution is 4.85. The molecule has 0 aliphatic carbocycles. The van der Waals surface area contributed by atoms with Crippen LogP contribution in [0.3, 0.4) is 0 Å². The SMILES string of the molecule is CO[C@H]1CN(CCO)C[C@@H]1OC. The Morgan fingerprint density at radius 3 is 2.08 bits per heavy atom. The maximum Gasteiger partial charge on any atom is 0.0971 e. The van der Waals surface area contributed by atoms with Gasteiger partial charge in [-0.3, -0.25) is 4.90 Å². The molecule has 0 radical (unpaired) electrons. The number of rotatable bonds is 4. The Hall–Kier alpha value is -0.160. The standard InChI is InChI=1S/C8H17NO3/c1-11-7-5-9(3-4-10)6-8(7)12-2/h7-8,10H,3-6H2,1-2H3/t7-,8-/m0/s1. The fourth-order valence-corrected chi connectivity index (χ4v) is 1.60. The summed E-state index contributed by atoms with van der Waals surface area (Å²) >= 11 is 0. The van der Waals surface area contributed by atoms with Crippen molar-refractivity contribution in [3.05, 3.63) is 0 Å². The van der Waals surface area contributed by atoms with Gasteiger partial charge in [0, 0.05) is 33.9 Å². The molecule has 0 aromatic carbocycles. The van der Waals surface area contributed by atoms with Crippen molar-refractivity contribution in [2.75, 3.05) is 40.5 Å². The van der Waals surface area contributed by atoms with E-state index in [-0.39, 0.29) is 18.8 Å². The van der Waals surface area contributed by atoms with Crippen LogP contribution in [0.25, 0.3) is 0 Å². The smallest absolute Gasteiger partial charge is 0.0971 e. The van der Waals surface area contributed by atoms with Crippen LogP contribution >= 0.6 is 0 Å². The lowest BCUT2D eigenvalue weighted by Crippen LogP contribution is -2.27. The summed E-state index contributed by atoms with van der Waals surface area (Å²) in [6, 6.07) is 0. The zero-order valence-electron chi connectivity index (χ0n) is 7.69. The zero-order chi connectivity index (χ0) is 8.97. The van der Waals surface area contributed by atoms with Crippen molar-refractivity contribution in [1.29, 1.82) is 0 Å². The first-order valence-electron chi connectivity index (χ1n) is 4.20. The first kappa shape index (κ1) is 9.92. The first-order chi connectivity index (χ1) is 5.81. The monoisotopic (exact) mass is 175 g/mol. The number of likely N-dealkylation sites (tertiary alicyclic amines) is 1. The highest BCUT2D eigenvalue weighted by Crippen LogP contribution is 2.14. The number of ether oxygens (including phenoxy) is 2. The van der Waals surface area contributed by atoms with E-state index in [2.05, 4.69) is 4.90 Å². The fraction of sp³-hybridized carbons (Fsp3) is 1.00. The molecule has 1 aliphatic rings. The number of hydrogen-bond donors (Lipinski definition) is 1. The summed E-state index contributed by atoms with van der Waals surface area (Å²) in [5.41, 5.74) is 0. The normalized spacial score (nSPS) is 31.2. The topological polar surface area (TPSA) is 41.9 Å². The van der Waals surface area contributed by atoms with Crippen LogP contribution in [0.4, 0.5) is 0 Å². The van der Waals surface area contributed by atoms with E-state index in [0.29, 0.717) is 6.54 Å². The molecule has 1 heterocycles. The average Bonchev–Trinajstić information content (AvgIpc) is 2.48. The molecule has 1 fully saturated rings. The van der Waals surface area contributed by atoms with Crippen LogP contribution in [0, 0.1) is 0 Å². The summed E-state index contributed by atoms with van der Waals surface area (Å²) in [6.45, 7) is 2.62. The summed E-state index contributed by atoms with van der Waals surface area (Å²) in [5, 5.41) is 8.72. The minimum absolute atomic E-state index is 0.154. The molecule has 1 N–H and O–H groups in total. The van der Waals surface area contributed by atoms with Gasteiger partial charge in [-0.25, -0.2) is 0 Å². The predicted molar refractivity (Wildman–Crippen MR) is 45.1 cm³/mol. The number of methoxy groups -OCH3 is 2. The van der Waals surface area contributed by atoms with E-state index in [4.69, 9.17) is 14.6 Å². The lowest BCUT2D eigenvalue weighted by atomic mass is 10.3. The molecular weight excluding hydrogens is 158 g/mol. The maximum absolute atomic E-state index is 8.72. The molecule has 2 atom stereocenters. The Morgan fingerprint density at radius 2 is 1.75 bits per heavy atom. The summed E-state index contributed by atoms with van der Waals surface area (Å²) in [7, 11) is 3.39. The molecular formula is C8H17NO3. The fourth-order valence-electron chi connectivity index (χ4n) is 1.60. The van der Waals surface area contributed by atoms with Crippen molar-refractivity contribution < 1.29 is 14.6 Å². The van der Waals surface area contributed by atoms with Crippen molar-refractivity contribution in [2.45, 2.75) is 12.2 Å². The molecule has 4 nitrogen and oxygen atoms in total. The van der Waals surface area contributed by atoms with Gasteiger partial charge in [0.25, 0.3) is 0 Å². The van der Waals surface area contributed by atoms with Crippen LogP contribution in [-0.4, -0.2) is 62.7 Å². The maximum atomic E-state index is 8.72. The Morgan fingerprint density at radius 1 is 1.25 bits per heavy atom. The molecule has 1 rings (SSSR count). The Bertz CT molecular complexity index is 119. The van der Waals surface area contributed by atoms with Gasteiger partial charge in [-0.15, -0.1) is 0 Å². The zero-order valence-corrected chi connectivity index (χ0v) is 7.69. The second-order valence-corrected chi connectivity index (χ2v) is 3.03. The van der Waals surface area contributed by atoms with E-state index in [1.54, 1.807) is 14.2 Å². The van der Waals surface area contributed by atoms with E-state index >= 15 is 0 Å². The lowest BCUT2D eigenvalue weighted by Gasteiger charge is -2.13. The van der Waals surface area contributed by atoms with Gasteiger partial charge in [0.05, 0.1) is 18.8 Å². The molecule has 1 aliphatic heterocycles. The van der Waals surface area contributed by atoms with E-state index in [9.17, 15) is 0 Å². The van der Waals surface area contributed by atoms with Gasteiger partial charge >= 0.3 is 0 Å². The molecule has 12 heavy (non-hydrogen) atoms. The molecule has 0 spiro atoms. The summed E-state index contributed by atoms with van der Waals surface area (Å²) in [6.07, 6.45) is 0.308. The van der Waals surface area contributed by atoms with Gasteiger partial charge < -0.3 is 14.6 Å². The third-order valence-electron chi connectivity index (χ3n) is 2.31. The second-order valence-electron chi connectivity index (χ2n) is 3.03. The molecule has 1 saturated heterocycles. The molecule has 0 unspecified atom stereocenters. The van der Waals surface area contributed by atoms with Gasteiger partial charge in [0.1, 0.15) is 0 Å². The van der Waals surface area contributed by atoms with Crippen LogP contribution < -0.4 is 0 Å². The first-order valence-corrected chi connectivity index (χ1v) is 4.20. The molecule has 0 bridgehead atoms. The highest BCUT2D eigenvalue weighted by atomic mass is 16.5. The molecule has 4 heteroatoms. The Balaban J connectivity index is 2.36. The largest absolute Gasteiger partial charge is 0.395 e. The third-order valence-corrected chi connectivity index (χ3v) is 2.31. The number of nitrogens with zero attached hydrogens (tertiary/aromatic N) is 1. The van der Waals surface area contributed by atoms with E-state index < -0.39 is 0 Å². The number of aliphatic hydroxyl groups is 1.